The lowest BCUT2D eigenvalue weighted by Gasteiger charge is -2.40. The number of hydrogen-bond acceptors (Lipinski definition) is 4. The molecule has 1 N–H and O–H groups in total. The van der Waals surface area contributed by atoms with E-state index >= 15 is 0 Å². The summed E-state index contributed by atoms with van der Waals surface area (Å²) in [7, 11) is 3.81. The van der Waals surface area contributed by atoms with Gasteiger partial charge >= 0.3 is 0 Å². The van der Waals surface area contributed by atoms with Crippen molar-refractivity contribution in [3.8, 4) is 0 Å². The monoisotopic (exact) mass is 450 g/mol. The van der Waals surface area contributed by atoms with Gasteiger partial charge in [-0.2, -0.15) is 0 Å². The van der Waals surface area contributed by atoms with Crippen LogP contribution >= 0.6 is 24.0 Å². The molecular formula is C17H31IN4O2. The van der Waals surface area contributed by atoms with Crippen molar-refractivity contribution < 1.29 is 9.26 Å². The van der Waals surface area contributed by atoms with Gasteiger partial charge in [0.05, 0.1) is 12.6 Å². The summed E-state index contributed by atoms with van der Waals surface area (Å²) >= 11 is 0. The molecule has 0 amide bonds. The van der Waals surface area contributed by atoms with E-state index in [2.05, 4.69) is 36.2 Å². The Kier molecular flexibility index (Phi) is 8.49. The fraction of sp³-hybridized carbons (Fsp3) is 0.765. The SMILES string of the molecule is CN=C(NCC1CCCOC1C(C)(C)C)N(C)Cc1ccon1.I. The van der Waals surface area contributed by atoms with E-state index < -0.39 is 0 Å². The quantitative estimate of drug-likeness (QED) is 0.434. The van der Waals surface area contributed by atoms with E-state index in [1.807, 2.05) is 18.0 Å². The van der Waals surface area contributed by atoms with Gasteiger partial charge < -0.3 is 19.5 Å². The topological polar surface area (TPSA) is 62.9 Å². The van der Waals surface area contributed by atoms with Gasteiger partial charge in [-0.25, -0.2) is 0 Å². The van der Waals surface area contributed by atoms with Crippen LogP contribution in [0, 0.1) is 11.3 Å². The van der Waals surface area contributed by atoms with Crippen LogP contribution in [0.2, 0.25) is 0 Å². The van der Waals surface area contributed by atoms with Crippen LogP contribution in [-0.4, -0.2) is 49.4 Å². The first kappa shape index (κ1) is 21.2. The summed E-state index contributed by atoms with van der Waals surface area (Å²) in [6.45, 7) is 9.17. The minimum atomic E-state index is 0. The zero-order valence-corrected chi connectivity index (χ0v) is 17.7. The highest BCUT2D eigenvalue weighted by atomic mass is 127. The molecule has 1 fully saturated rings. The van der Waals surface area contributed by atoms with Gasteiger partial charge in [0.1, 0.15) is 12.0 Å². The van der Waals surface area contributed by atoms with Gasteiger partial charge in [0.2, 0.25) is 0 Å². The van der Waals surface area contributed by atoms with Crippen LogP contribution in [0.4, 0.5) is 0 Å². The zero-order chi connectivity index (χ0) is 16.9. The van der Waals surface area contributed by atoms with Gasteiger partial charge in [-0.15, -0.1) is 24.0 Å². The molecule has 2 heterocycles. The van der Waals surface area contributed by atoms with E-state index in [0.717, 1.165) is 31.2 Å². The number of ether oxygens (including phenoxy) is 1. The van der Waals surface area contributed by atoms with Crippen LogP contribution in [0.5, 0.6) is 0 Å². The maximum atomic E-state index is 6.05. The molecule has 0 aliphatic carbocycles. The molecule has 1 aromatic rings. The van der Waals surface area contributed by atoms with Crippen molar-refractivity contribution in [2.24, 2.45) is 16.3 Å². The Labute approximate surface area is 162 Å². The van der Waals surface area contributed by atoms with Crippen molar-refractivity contribution in [2.75, 3.05) is 27.2 Å². The van der Waals surface area contributed by atoms with E-state index in [1.54, 1.807) is 13.3 Å². The Morgan fingerprint density at radius 3 is 2.79 bits per heavy atom. The minimum absolute atomic E-state index is 0. The second kappa shape index (κ2) is 9.60. The third kappa shape index (κ3) is 5.91. The van der Waals surface area contributed by atoms with Crippen LogP contribution in [0.15, 0.2) is 21.8 Å². The summed E-state index contributed by atoms with van der Waals surface area (Å²) in [5, 5.41) is 7.44. The predicted octanol–water partition coefficient (Wildman–Crippen LogP) is 3.14. The van der Waals surface area contributed by atoms with Crippen LogP contribution in [0.1, 0.15) is 39.3 Å². The second-order valence-corrected chi connectivity index (χ2v) is 7.33. The van der Waals surface area contributed by atoms with Crippen molar-refractivity contribution in [2.45, 2.75) is 46.3 Å². The summed E-state index contributed by atoms with van der Waals surface area (Å²) in [4.78, 5) is 6.42. The molecule has 0 aromatic carbocycles. The molecule has 2 rings (SSSR count). The molecule has 1 aliphatic heterocycles. The summed E-state index contributed by atoms with van der Waals surface area (Å²) in [5.41, 5.74) is 1.05. The van der Waals surface area contributed by atoms with Gasteiger partial charge in [0.25, 0.3) is 0 Å². The lowest BCUT2D eigenvalue weighted by molar-refractivity contribution is -0.0836. The van der Waals surface area contributed by atoms with E-state index in [9.17, 15) is 0 Å². The van der Waals surface area contributed by atoms with E-state index in [0.29, 0.717) is 12.5 Å². The highest BCUT2D eigenvalue weighted by molar-refractivity contribution is 14.0. The minimum Gasteiger partial charge on any atom is -0.377 e. The highest BCUT2D eigenvalue weighted by Gasteiger charge is 2.35. The largest absolute Gasteiger partial charge is 0.377 e. The predicted molar refractivity (Wildman–Crippen MR) is 107 cm³/mol. The molecule has 0 radical (unpaired) electrons. The highest BCUT2D eigenvalue weighted by Crippen LogP contribution is 2.33. The average Bonchev–Trinajstić information content (AvgIpc) is 3.00. The fourth-order valence-electron chi connectivity index (χ4n) is 3.25. The van der Waals surface area contributed by atoms with Crippen LogP contribution in [0.3, 0.4) is 0 Å². The van der Waals surface area contributed by atoms with Gasteiger partial charge in [-0.3, -0.25) is 4.99 Å². The second-order valence-electron chi connectivity index (χ2n) is 7.33. The Morgan fingerprint density at radius 2 is 2.21 bits per heavy atom. The molecule has 0 spiro atoms. The maximum Gasteiger partial charge on any atom is 0.193 e. The zero-order valence-electron chi connectivity index (χ0n) is 15.4. The molecule has 6 nitrogen and oxygen atoms in total. The summed E-state index contributed by atoms with van der Waals surface area (Å²) in [6.07, 6.45) is 4.19. The van der Waals surface area contributed by atoms with E-state index in [1.165, 1.54) is 6.42 Å². The lowest BCUT2D eigenvalue weighted by atomic mass is 9.78. The average molecular weight is 450 g/mol. The Hall–Kier alpha value is -0.830. The third-order valence-electron chi connectivity index (χ3n) is 4.28. The first-order chi connectivity index (χ1) is 10.9. The van der Waals surface area contributed by atoms with Gasteiger partial charge in [0.15, 0.2) is 5.96 Å². The van der Waals surface area contributed by atoms with Crippen LogP contribution < -0.4 is 5.32 Å². The fourth-order valence-corrected chi connectivity index (χ4v) is 3.25. The van der Waals surface area contributed by atoms with E-state index in [4.69, 9.17) is 9.26 Å². The molecule has 2 unspecified atom stereocenters. The number of rotatable bonds is 4. The first-order valence-electron chi connectivity index (χ1n) is 8.34. The van der Waals surface area contributed by atoms with Crippen LogP contribution in [-0.2, 0) is 11.3 Å². The number of aromatic nitrogens is 1. The number of halogens is 1. The lowest BCUT2D eigenvalue weighted by Crippen LogP contribution is -2.47. The number of nitrogens with zero attached hydrogens (tertiary/aromatic N) is 3. The summed E-state index contributed by atoms with van der Waals surface area (Å²) in [6, 6.07) is 1.87. The van der Waals surface area contributed by atoms with Gasteiger partial charge in [-0.1, -0.05) is 25.9 Å². The van der Waals surface area contributed by atoms with E-state index in [-0.39, 0.29) is 35.5 Å². The molecule has 1 saturated heterocycles. The Morgan fingerprint density at radius 1 is 1.46 bits per heavy atom. The molecule has 0 bridgehead atoms. The summed E-state index contributed by atoms with van der Waals surface area (Å²) in [5.74, 6) is 1.37. The molecule has 1 aromatic heterocycles. The molecule has 0 saturated carbocycles. The van der Waals surface area contributed by atoms with Gasteiger partial charge in [-0.05, 0) is 18.3 Å². The number of hydrogen-bond donors (Lipinski definition) is 1. The number of aliphatic imine (C=N–C) groups is 1. The molecule has 7 heteroatoms. The van der Waals surface area contributed by atoms with Crippen molar-refractivity contribution in [1.29, 1.82) is 0 Å². The normalized spacial score (nSPS) is 22.0. The molecular weight excluding hydrogens is 419 g/mol. The maximum absolute atomic E-state index is 6.05. The van der Waals surface area contributed by atoms with Gasteiger partial charge in [0, 0.05) is 39.2 Å². The van der Waals surface area contributed by atoms with Crippen molar-refractivity contribution in [3.63, 3.8) is 0 Å². The molecule has 1 aliphatic rings. The first-order valence-corrected chi connectivity index (χ1v) is 8.34. The smallest absolute Gasteiger partial charge is 0.193 e. The Balaban J connectivity index is 0.00000288. The summed E-state index contributed by atoms with van der Waals surface area (Å²) < 4.78 is 10.9. The molecule has 24 heavy (non-hydrogen) atoms. The van der Waals surface area contributed by atoms with Crippen molar-refractivity contribution in [1.82, 2.24) is 15.4 Å². The molecule has 2 atom stereocenters. The van der Waals surface area contributed by atoms with Crippen molar-refractivity contribution in [3.05, 3.63) is 18.0 Å². The van der Waals surface area contributed by atoms with Crippen molar-refractivity contribution >= 4 is 29.9 Å². The van der Waals surface area contributed by atoms with Crippen LogP contribution in [0.25, 0.3) is 0 Å². The third-order valence-corrected chi connectivity index (χ3v) is 4.28. The number of nitrogens with one attached hydrogen (secondary N) is 1. The standard InChI is InChI=1S/C17H30N4O2.HI/c1-17(2,3)15-13(7-6-9-22-15)11-19-16(18-4)21(5)12-14-8-10-23-20-14;/h8,10,13,15H,6-7,9,11-12H2,1-5H3,(H,18,19);1H. The number of guanidine groups is 1. The molecule has 138 valence electrons. The Bertz CT molecular complexity index is 499.